The first kappa shape index (κ1) is 13.1. The van der Waals surface area contributed by atoms with Crippen LogP contribution in [-0.4, -0.2) is 9.97 Å². The van der Waals surface area contributed by atoms with Crippen LogP contribution in [0.3, 0.4) is 0 Å². The molecule has 2 N–H and O–H groups in total. The standard InChI is InChI=1S/C19H19N3/c1-13-6-8-14(9-7-13)18-12-16(19-20-10-11-21-19)15-4-2-3-5-17(15)22-18/h2-11,16,18,22H,12H2,1H3,(H,20,21). The number of rotatable bonds is 2. The summed E-state index contributed by atoms with van der Waals surface area (Å²) in [5.41, 5.74) is 5.15. The summed E-state index contributed by atoms with van der Waals surface area (Å²) in [4.78, 5) is 7.79. The SMILES string of the molecule is Cc1ccc(C2CC(c3ncc[nH]3)c3ccccc3N2)cc1. The third kappa shape index (κ3) is 2.29. The zero-order valence-corrected chi connectivity index (χ0v) is 12.6. The van der Waals surface area contributed by atoms with Crippen molar-refractivity contribution in [3.05, 3.63) is 83.4 Å². The molecule has 0 radical (unpaired) electrons. The summed E-state index contributed by atoms with van der Waals surface area (Å²) in [6.07, 6.45) is 4.75. The molecule has 0 aliphatic carbocycles. The van der Waals surface area contributed by atoms with E-state index in [1.807, 2.05) is 12.4 Å². The van der Waals surface area contributed by atoms with Crippen LogP contribution in [0.4, 0.5) is 5.69 Å². The Bertz CT molecular complexity index is 760. The van der Waals surface area contributed by atoms with Crippen LogP contribution < -0.4 is 5.32 Å². The molecule has 22 heavy (non-hydrogen) atoms. The predicted molar refractivity (Wildman–Crippen MR) is 89.0 cm³/mol. The Labute approximate surface area is 130 Å². The van der Waals surface area contributed by atoms with E-state index in [0.717, 1.165) is 12.2 Å². The molecule has 0 fully saturated rings. The van der Waals surface area contributed by atoms with Gasteiger partial charge in [-0.1, -0.05) is 48.0 Å². The van der Waals surface area contributed by atoms with Gasteiger partial charge in [0.05, 0.1) is 6.04 Å². The highest BCUT2D eigenvalue weighted by Gasteiger charge is 2.29. The van der Waals surface area contributed by atoms with Crippen molar-refractivity contribution >= 4 is 5.69 Å². The fourth-order valence-corrected chi connectivity index (χ4v) is 3.29. The maximum atomic E-state index is 4.50. The van der Waals surface area contributed by atoms with Gasteiger partial charge in [-0.05, 0) is 30.5 Å². The number of aryl methyl sites for hydroxylation is 1. The number of H-pyrrole nitrogens is 1. The number of nitrogens with zero attached hydrogens (tertiary/aromatic N) is 1. The van der Waals surface area contributed by atoms with E-state index in [4.69, 9.17) is 0 Å². The average Bonchev–Trinajstić information content (AvgIpc) is 3.09. The maximum Gasteiger partial charge on any atom is 0.113 e. The third-order valence-electron chi connectivity index (χ3n) is 4.47. The van der Waals surface area contributed by atoms with E-state index in [-0.39, 0.29) is 0 Å². The molecule has 3 nitrogen and oxygen atoms in total. The van der Waals surface area contributed by atoms with Gasteiger partial charge in [-0.3, -0.25) is 0 Å². The highest BCUT2D eigenvalue weighted by Crippen LogP contribution is 2.42. The third-order valence-corrected chi connectivity index (χ3v) is 4.47. The fraction of sp³-hybridized carbons (Fsp3) is 0.211. The highest BCUT2D eigenvalue weighted by atomic mass is 15.0. The Balaban J connectivity index is 1.75. The Kier molecular flexibility index (Phi) is 3.19. The molecule has 2 unspecified atom stereocenters. The van der Waals surface area contributed by atoms with Crippen LogP contribution in [0.5, 0.6) is 0 Å². The quantitative estimate of drug-likeness (QED) is 0.733. The van der Waals surface area contributed by atoms with Crippen molar-refractivity contribution in [3.8, 4) is 0 Å². The van der Waals surface area contributed by atoms with Crippen molar-refractivity contribution in [1.29, 1.82) is 0 Å². The molecule has 1 aromatic heterocycles. The van der Waals surface area contributed by atoms with E-state index in [9.17, 15) is 0 Å². The average molecular weight is 289 g/mol. The minimum atomic E-state index is 0.304. The van der Waals surface area contributed by atoms with E-state index in [1.165, 1.54) is 22.4 Å². The monoisotopic (exact) mass is 289 g/mol. The van der Waals surface area contributed by atoms with Crippen LogP contribution in [0.25, 0.3) is 0 Å². The lowest BCUT2D eigenvalue weighted by molar-refractivity contribution is 0.584. The van der Waals surface area contributed by atoms with Crippen molar-refractivity contribution in [2.75, 3.05) is 5.32 Å². The van der Waals surface area contributed by atoms with Gasteiger partial charge in [0, 0.05) is 24.0 Å². The second-order valence-corrected chi connectivity index (χ2v) is 5.96. The van der Waals surface area contributed by atoms with Gasteiger partial charge in [-0.25, -0.2) is 4.98 Å². The first-order valence-electron chi connectivity index (χ1n) is 7.72. The molecule has 0 spiro atoms. The molecule has 1 aliphatic rings. The number of fused-ring (bicyclic) bond motifs is 1. The van der Waals surface area contributed by atoms with Crippen molar-refractivity contribution in [3.63, 3.8) is 0 Å². The number of benzene rings is 2. The minimum absolute atomic E-state index is 0.304. The second-order valence-electron chi connectivity index (χ2n) is 5.96. The number of anilines is 1. The zero-order chi connectivity index (χ0) is 14.9. The topological polar surface area (TPSA) is 40.7 Å². The summed E-state index contributed by atoms with van der Waals surface area (Å²) < 4.78 is 0. The van der Waals surface area contributed by atoms with E-state index in [2.05, 4.69) is 70.7 Å². The molecule has 110 valence electrons. The van der Waals surface area contributed by atoms with Crippen LogP contribution in [0.2, 0.25) is 0 Å². The largest absolute Gasteiger partial charge is 0.378 e. The van der Waals surface area contributed by atoms with Crippen molar-refractivity contribution in [1.82, 2.24) is 9.97 Å². The number of aromatic amines is 1. The van der Waals surface area contributed by atoms with Crippen LogP contribution in [0.15, 0.2) is 60.9 Å². The lowest BCUT2D eigenvalue weighted by Crippen LogP contribution is -2.22. The molecular weight excluding hydrogens is 270 g/mol. The smallest absolute Gasteiger partial charge is 0.113 e. The molecule has 3 heteroatoms. The predicted octanol–water partition coefficient (Wildman–Crippen LogP) is 4.41. The van der Waals surface area contributed by atoms with Gasteiger partial charge < -0.3 is 10.3 Å². The summed E-state index contributed by atoms with van der Waals surface area (Å²) in [6.45, 7) is 2.12. The lowest BCUT2D eigenvalue weighted by Gasteiger charge is -2.32. The van der Waals surface area contributed by atoms with Crippen LogP contribution in [0.1, 0.15) is 40.9 Å². The summed E-state index contributed by atoms with van der Waals surface area (Å²) in [5, 5.41) is 3.68. The second kappa shape index (κ2) is 5.34. The van der Waals surface area contributed by atoms with Gasteiger partial charge in [0.1, 0.15) is 5.82 Å². The molecule has 3 aromatic rings. The first-order chi connectivity index (χ1) is 10.8. The number of aromatic nitrogens is 2. The van der Waals surface area contributed by atoms with Gasteiger partial charge >= 0.3 is 0 Å². The molecule has 2 aromatic carbocycles. The number of hydrogen-bond donors (Lipinski definition) is 2. The summed E-state index contributed by atoms with van der Waals surface area (Å²) in [7, 11) is 0. The molecule has 1 aliphatic heterocycles. The summed E-state index contributed by atoms with van der Waals surface area (Å²) >= 11 is 0. The number of imidazole rings is 1. The van der Waals surface area contributed by atoms with E-state index >= 15 is 0 Å². The Morgan fingerprint density at radius 3 is 2.64 bits per heavy atom. The van der Waals surface area contributed by atoms with Gasteiger partial charge in [-0.15, -0.1) is 0 Å². The summed E-state index contributed by atoms with van der Waals surface area (Å²) in [6, 6.07) is 17.7. The Morgan fingerprint density at radius 1 is 1.05 bits per heavy atom. The van der Waals surface area contributed by atoms with Crippen LogP contribution in [-0.2, 0) is 0 Å². The van der Waals surface area contributed by atoms with Crippen molar-refractivity contribution in [2.45, 2.75) is 25.3 Å². The van der Waals surface area contributed by atoms with Gasteiger partial charge in [0.15, 0.2) is 0 Å². The summed E-state index contributed by atoms with van der Waals surface area (Å²) in [5.74, 6) is 1.35. The van der Waals surface area contributed by atoms with Crippen LogP contribution in [0, 0.1) is 6.92 Å². The molecule has 2 heterocycles. The molecule has 0 saturated carbocycles. The van der Waals surface area contributed by atoms with Crippen molar-refractivity contribution in [2.24, 2.45) is 0 Å². The Morgan fingerprint density at radius 2 is 1.86 bits per heavy atom. The minimum Gasteiger partial charge on any atom is -0.378 e. The number of nitrogens with one attached hydrogen (secondary N) is 2. The Hall–Kier alpha value is -2.55. The van der Waals surface area contributed by atoms with Gasteiger partial charge in [-0.2, -0.15) is 0 Å². The molecule has 0 bridgehead atoms. The lowest BCUT2D eigenvalue weighted by atomic mass is 9.84. The van der Waals surface area contributed by atoms with Gasteiger partial charge in [0.25, 0.3) is 0 Å². The molecule has 4 rings (SSSR count). The van der Waals surface area contributed by atoms with E-state index in [1.54, 1.807) is 0 Å². The first-order valence-corrected chi connectivity index (χ1v) is 7.72. The maximum absolute atomic E-state index is 4.50. The molecule has 2 atom stereocenters. The van der Waals surface area contributed by atoms with Gasteiger partial charge in [0.2, 0.25) is 0 Å². The molecule has 0 amide bonds. The van der Waals surface area contributed by atoms with E-state index in [0.29, 0.717) is 12.0 Å². The van der Waals surface area contributed by atoms with E-state index < -0.39 is 0 Å². The number of hydrogen-bond acceptors (Lipinski definition) is 2. The molecular formula is C19H19N3. The fourth-order valence-electron chi connectivity index (χ4n) is 3.29. The highest BCUT2D eigenvalue weighted by molar-refractivity contribution is 5.58. The number of para-hydroxylation sites is 1. The normalized spacial score (nSPS) is 20.2. The molecule has 0 saturated heterocycles. The van der Waals surface area contributed by atoms with Crippen LogP contribution >= 0.6 is 0 Å². The van der Waals surface area contributed by atoms with Crippen molar-refractivity contribution < 1.29 is 0 Å². The zero-order valence-electron chi connectivity index (χ0n) is 12.6.